The molecule has 0 rings (SSSR count). The molecule has 1 unspecified atom stereocenters. The number of hydrogen-bond acceptors (Lipinski definition) is 2. The van der Waals surface area contributed by atoms with Gasteiger partial charge in [-0.25, -0.2) is 0 Å². The first-order valence-corrected chi connectivity index (χ1v) is 11.1. The standard InChI is InChI=1S/C26H40O4/c1-6-7-8-9-10-11-12-13-14-15-16-20(2)23(5)21(3)17-18-22(4)24(26(29)30)19-25(27)28/h17-18,24H,2-16,19H2,1H3,(H,27,28)(H,29,30)/b18-17+. The molecule has 0 aliphatic rings. The third kappa shape index (κ3) is 13.0. The molecule has 30 heavy (non-hydrogen) atoms. The van der Waals surface area contributed by atoms with Gasteiger partial charge in [-0.05, 0) is 35.1 Å². The van der Waals surface area contributed by atoms with E-state index in [0.717, 1.165) is 24.0 Å². The molecule has 0 fully saturated rings. The first kappa shape index (κ1) is 27.6. The van der Waals surface area contributed by atoms with Crippen molar-refractivity contribution in [3.8, 4) is 0 Å². The minimum atomic E-state index is -1.21. The number of unbranched alkanes of at least 4 members (excludes halogenated alkanes) is 9. The molecule has 0 heterocycles. The Morgan fingerprint density at radius 1 is 0.800 bits per heavy atom. The van der Waals surface area contributed by atoms with E-state index >= 15 is 0 Å². The van der Waals surface area contributed by atoms with E-state index in [0.29, 0.717) is 5.57 Å². The third-order valence-electron chi connectivity index (χ3n) is 5.27. The Morgan fingerprint density at radius 3 is 1.77 bits per heavy atom. The summed E-state index contributed by atoms with van der Waals surface area (Å²) >= 11 is 0. The van der Waals surface area contributed by atoms with E-state index in [2.05, 4.69) is 33.2 Å². The Bertz CT molecular complexity index is 639. The second kappa shape index (κ2) is 16.4. The van der Waals surface area contributed by atoms with E-state index in [9.17, 15) is 9.59 Å². The van der Waals surface area contributed by atoms with Gasteiger partial charge in [-0.1, -0.05) is 103 Å². The van der Waals surface area contributed by atoms with Crippen LogP contribution in [-0.4, -0.2) is 22.2 Å². The zero-order valence-electron chi connectivity index (χ0n) is 18.8. The number of carboxylic acid groups (broad SMARTS) is 2. The Hall–Kier alpha value is -2.36. The van der Waals surface area contributed by atoms with Crippen molar-refractivity contribution in [1.82, 2.24) is 0 Å². The van der Waals surface area contributed by atoms with Crippen molar-refractivity contribution in [2.24, 2.45) is 5.92 Å². The number of carbonyl (C=O) groups is 2. The molecule has 2 N–H and O–H groups in total. The van der Waals surface area contributed by atoms with Crippen LogP contribution in [0.2, 0.25) is 0 Å². The predicted molar refractivity (Wildman–Crippen MR) is 126 cm³/mol. The zero-order chi connectivity index (χ0) is 22.9. The van der Waals surface area contributed by atoms with Gasteiger partial charge in [0.1, 0.15) is 0 Å². The number of aliphatic carboxylic acids is 2. The number of hydrogen-bond donors (Lipinski definition) is 2. The van der Waals surface area contributed by atoms with Gasteiger partial charge in [0.2, 0.25) is 0 Å². The minimum Gasteiger partial charge on any atom is -0.481 e. The second-order valence-corrected chi connectivity index (χ2v) is 7.94. The van der Waals surface area contributed by atoms with Crippen molar-refractivity contribution in [1.29, 1.82) is 0 Å². The van der Waals surface area contributed by atoms with Crippen LogP contribution in [0.25, 0.3) is 0 Å². The van der Waals surface area contributed by atoms with Crippen LogP contribution in [0.15, 0.2) is 60.8 Å². The predicted octanol–water partition coefficient (Wildman–Crippen LogP) is 7.25. The van der Waals surface area contributed by atoms with E-state index in [4.69, 9.17) is 10.2 Å². The van der Waals surface area contributed by atoms with Crippen LogP contribution in [0, 0.1) is 5.92 Å². The maximum absolute atomic E-state index is 11.2. The smallest absolute Gasteiger partial charge is 0.311 e. The largest absolute Gasteiger partial charge is 0.481 e. The fourth-order valence-electron chi connectivity index (χ4n) is 3.18. The lowest BCUT2D eigenvalue weighted by molar-refractivity contribution is -0.146. The molecule has 0 aliphatic carbocycles. The molecule has 0 aromatic carbocycles. The molecule has 0 saturated heterocycles. The summed E-state index contributed by atoms with van der Waals surface area (Å²) in [7, 11) is 0. The van der Waals surface area contributed by atoms with E-state index < -0.39 is 24.3 Å². The van der Waals surface area contributed by atoms with Crippen molar-refractivity contribution >= 4 is 11.9 Å². The molecule has 0 aliphatic heterocycles. The van der Waals surface area contributed by atoms with Crippen LogP contribution >= 0.6 is 0 Å². The van der Waals surface area contributed by atoms with Crippen LogP contribution in [0.1, 0.15) is 84.0 Å². The molecule has 0 spiro atoms. The Balaban J connectivity index is 4.20. The van der Waals surface area contributed by atoms with Crippen LogP contribution in [0.3, 0.4) is 0 Å². The van der Waals surface area contributed by atoms with Gasteiger partial charge in [-0.15, -0.1) is 0 Å². The summed E-state index contributed by atoms with van der Waals surface area (Å²) in [5.74, 6) is -3.54. The van der Waals surface area contributed by atoms with Gasteiger partial charge in [-0.2, -0.15) is 0 Å². The van der Waals surface area contributed by atoms with Crippen LogP contribution in [0.5, 0.6) is 0 Å². The monoisotopic (exact) mass is 416 g/mol. The van der Waals surface area contributed by atoms with Crippen LogP contribution < -0.4 is 0 Å². The van der Waals surface area contributed by atoms with E-state index in [1.165, 1.54) is 63.9 Å². The van der Waals surface area contributed by atoms with Crippen molar-refractivity contribution in [3.63, 3.8) is 0 Å². The highest BCUT2D eigenvalue weighted by Gasteiger charge is 2.22. The molecule has 4 heteroatoms. The summed E-state index contributed by atoms with van der Waals surface area (Å²) in [4.78, 5) is 22.0. The summed E-state index contributed by atoms with van der Waals surface area (Å²) in [5.41, 5.74) is 2.52. The van der Waals surface area contributed by atoms with Gasteiger partial charge < -0.3 is 10.2 Å². The van der Waals surface area contributed by atoms with Gasteiger partial charge in [0.25, 0.3) is 0 Å². The molecule has 4 nitrogen and oxygen atoms in total. The first-order chi connectivity index (χ1) is 14.2. The highest BCUT2D eigenvalue weighted by Crippen LogP contribution is 2.23. The van der Waals surface area contributed by atoms with Crippen molar-refractivity contribution in [3.05, 3.63) is 60.8 Å². The highest BCUT2D eigenvalue weighted by molar-refractivity contribution is 5.81. The van der Waals surface area contributed by atoms with Crippen LogP contribution in [0.4, 0.5) is 0 Å². The highest BCUT2D eigenvalue weighted by atomic mass is 16.4. The van der Waals surface area contributed by atoms with Gasteiger partial charge >= 0.3 is 11.9 Å². The zero-order valence-corrected chi connectivity index (χ0v) is 18.8. The van der Waals surface area contributed by atoms with Gasteiger partial charge in [0, 0.05) is 0 Å². The van der Waals surface area contributed by atoms with Crippen molar-refractivity contribution in [2.75, 3.05) is 0 Å². The summed E-state index contributed by atoms with van der Waals surface area (Å²) in [6.45, 7) is 18.0. The molecular formula is C26H40O4. The van der Waals surface area contributed by atoms with Gasteiger partial charge in [0.05, 0.1) is 12.3 Å². The molecule has 0 aromatic rings. The Kier molecular flexibility index (Phi) is 15.1. The quantitative estimate of drug-likeness (QED) is 0.172. The van der Waals surface area contributed by atoms with Crippen molar-refractivity contribution < 1.29 is 19.8 Å². The van der Waals surface area contributed by atoms with Gasteiger partial charge in [0.15, 0.2) is 0 Å². The summed E-state index contributed by atoms with van der Waals surface area (Å²) in [5, 5.41) is 18.0. The van der Waals surface area contributed by atoms with E-state index in [1.54, 1.807) is 6.08 Å². The fraction of sp³-hybridized carbons (Fsp3) is 0.538. The normalized spacial score (nSPS) is 11.9. The number of rotatable bonds is 19. The molecule has 0 radical (unpaired) electrons. The summed E-state index contributed by atoms with van der Waals surface area (Å²) < 4.78 is 0. The maximum atomic E-state index is 11.2. The molecule has 168 valence electrons. The topological polar surface area (TPSA) is 74.6 Å². The summed E-state index contributed by atoms with van der Waals surface area (Å²) in [6, 6.07) is 0. The fourth-order valence-corrected chi connectivity index (χ4v) is 3.18. The molecular weight excluding hydrogens is 376 g/mol. The molecule has 0 bridgehead atoms. The summed E-state index contributed by atoms with van der Waals surface area (Å²) in [6.07, 6.45) is 16.3. The average Bonchev–Trinajstić information content (AvgIpc) is 2.70. The molecule has 1 atom stereocenters. The SMILES string of the molecule is C=C(/C=C/C(=C)C(CC(=O)O)C(=O)O)C(=C)C(=C)CCCCCCCCCCCC. The Labute approximate surface area is 182 Å². The lowest BCUT2D eigenvalue weighted by Crippen LogP contribution is -2.18. The molecule has 0 saturated carbocycles. The average molecular weight is 417 g/mol. The third-order valence-corrected chi connectivity index (χ3v) is 5.27. The van der Waals surface area contributed by atoms with Crippen LogP contribution in [-0.2, 0) is 9.59 Å². The van der Waals surface area contributed by atoms with E-state index in [-0.39, 0.29) is 5.57 Å². The molecule has 0 aromatic heterocycles. The maximum Gasteiger partial charge on any atom is 0.311 e. The number of allylic oxidation sites excluding steroid dienone is 5. The minimum absolute atomic E-state index is 0.221. The van der Waals surface area contributed by atoms with E-state index in [1.807, 2.05) is 0 Å². The lowest BCUT2D eigenvalue weighted by atomic mass is 9.93. The van der Waals surface area contributed by atoms with Gasteiger partial charge in [-0.3, -0.25) is 9.59 Å². The van der Waals surface area contributed by atoms with Crippen molar-refractivity contribution in [2.45, 2.75) is 84.0 Å². The molecule has 0 amide bonds. The Morgan fingerprint density at radius 2 is 1.30 bits per heavy atom. The first-order valence-electron chi connectivity index (χ1n) is 11.1. The lowest BCUT2D eigenvalue weighted by Gasteiger charge is -2.12. The second-order valence-electron chi connectivity index (χ2n) is 7.94. The number of carboxylic acids is 2.